The number of aromatic carboxylic acids is 1. The molecule has 0 aromatic heterocycles. The molecular weight excluding hydrogens is 727 g/mol. The molecule has 0 saturated heterocycles. The molecule has 0 heterocycles. The van der Waals surface area contributed by atoms with Gasteiger partial charge in [-0.1, -0.05) is 0 Å². The molecule has 23 heteroatoms. The van der Waals surface area contributed by atoms with Gasteiger partial charge in [0, 0.05) is 27.7 Å². The molecule has 0 aliphatic rings. The SMILES string of the molecule is Nc1cc(C(=O)O)cc(C(=O)Nc2ccc(C(=O)Nc3ccc(S(=O)(=O)O)c4cc(S(=O)(=O)O)cc(S(=O)(=O)O)c34)c(S(=O)(=O)O)c2)c1. The molecule has 2 amide bonds. The van der Waals surface area contributed by atoms with E-state index in [2.05, 4.69) is 5.32 Å². The van der Waals surface area contributed by atoms with E-state index in [0.29, 0.717) is 24.3 Å². The van der Waals surface area contributed by atoms with Gasteiger partial charge in [0.1, 0.15) is 14.7 Å². The molecule has 0 aliphatic carbocycles. The number of carbonyl (C=O) groups is 3. The summed E-state index contributed by atoms with van der Waals surface area (Å²) in [6.07, 6.45) is 0. The highest BCUT2D eigenvalue weighted by Crippen LogP contribution is 2.37. The molecule has 0 spiro atoms. The Labute approximate surface area is 270 Å². The molecule has 0 bridgehead atoms. The van der Waals surface area contributed by atoms with Crippen LogP contribution in [0.5, 0.6) is 0 Å². The summed E-state index contributed by atoms with van der Waals surface area (Å²) < 4.78 is 135. The van der Waals surface area contributed by atoms with Gasteiger partial charge >= 0.3 is 5.97 Å². The molecule has 0 saturated carbocycles. The van der Waals surface area contributed by atoms with Crippen molar-refractivity contribution < 1.29 is 71.4 Å². The third-order valence-electron chi connectivity index (χ3n) is 6.34. The van der Waals surface area contributed by atoms with Crippen LogP contribution >= 0.6 is 0 Å². The summed E-state index contributed by atoms with van der Waals surface area (Å²) in [4.78, 5) is 32.5. The first-order chi connectivity index (χ1) is 21.9. The monoisotopic (exact) mass is 745 g/mol. The number of benzene rings is 4. The molecule has 0 atom stereocenters. The Morgan fingerprint density at radius 3 is 1.71 bits per heavy atom. The minimum atomic E-state index is -5.50. The maximum absolute atomic E-state index is 13.3. The van der Waals surface area contributed by atoms with E-state index in [4.69, 9.17) is 5.73 Å². The van der Waals surface area contributed by atoms with E-state index < -0.39 is 99.9 Å². The predicted octanol–water partition coefficient (Wildman–Crippen LogP) is 1.61. The van der Waals surface area contributed by atoms with E-state index in [0.717, 1.165) is 30.3 Å². The quantitative estimate of drug-likeness (QED) is 0.0890. The number of rotatable bonds is 9. The number of hydrogen-bond donors (Lipinski definition) is 8. The van der Waals surface area contributed by atoms with Crippen molar-refractivity contribution in [2.45, 2.75) is 19.6 Å². The van der Waals surface area contributed by atoms with Crippen molar-refractivity contribution in [3.8, 4) is 0 Å². The molecular formula is C25H19N3O16S4. The Balaban J connectivity index is 1.85. The topological polar surface area (TPSA) is 339 Å². The molecule has 4 aromatic rings. The molecule has 0 radical (unpaired) electrons. The van der Waals surface area contributed by atoms with Gasteiger partial charge in [-0.3, -0.25) is 27.8 Å². The summed E-state index contributed by atoms with van der Waals surface area (Å²) in [6.45, 7) is 0. The van der Waals surface area contributed by atoms with E-state index >= 15 is 0 Å². The molecule has 4 aromatic carbocycles. The van der Waals surface area contributed by atoms with E-state index in [1.807, 2.05) is 5.32 Å². The van der Waals surface area contributed by atoms with Crippen LogP contribution in [0, 0.1) is 0 Å². The van der Waals surface area contributed by atoms with Gasteiger partial charge in [-0.05, 0) is 60.7 Å². The molecule has 0 fully saturated rings. The number of nitrogen functional groups attached to an aromatic ring is 1. The third kappa shape index (κ3) is 7.58. The summed E-state index contributed by atoms with van der Waals surface area (Å²) >= 11 is 0. The first-order valence-electron chi connectivity index (χ1n) is 12.3. The van der Waals surface area contributed by atoms with E-state index in [9.17, 15) is 71.4 Å². The summed E-state index contributed by atoms with van der Waals surface area (Å²) in [7, 11) is -21.3. The number of nitrogens with two attached hydrogens (primary N) is 1. The van der Waals surface area contributed by atoms with Gasteiger partial charge in [0.15, 0.2) is 0 Å². The van der Waals surface area contributed by atoms with E-state index in [1.54, 1.807) is 0 Å². The van der Waals surface area contributed by atoms with Gasteiger partial charge in [0.2, 0.25) is 0 Å². The summed E-state index contributed by atoms with van der Waals surface area (Å²) in [5.74, 6) is -3.84. The van der Waals surface area contributed by atoms with Gasteiger partial charge in [0.25, 0.3) is 52.3 Å². The lowest BCUT2D eigenvalue weighted by Crippen LogP contribution is -2.19. The zero-order chi connectivity index (χ0) is 36.1. The number of nitrogens with one attached hydrogen (secondary N) is 2. The minimum Gasteiger partial charge on any atom is -0.478 e. The van der Waals surface area contributed by atoms with Crippen molar-refractivity contribution in [3.05, 3.63) is 77.4 Å². The van der Waals surface area contributed by atoms with Gasteiger partial charge < -0.3 is 21.5 Å². The van der Waals surface area contributed by atoms with Crippen molar-refractivity contribution in [2.75, 3.05) is 16.4 Å². The van der Waals surface area contributed by atoms with Crippen molar-refractivity contribution in [1.82, 2.24) is 0 Å². The van der Waals surface area contributed by atoms with Crippen LogP contribution < -0.4 is 16.4 Å². The maximum Gasteiger partial charge on any atom is 0.335 e. The van der Waals surface area contributed by atoms with E-state index in [-0.39, 0.29) is 28.6 Å². The van der Waals surface area contributed by atoms with Gasteiger partial charge in [0.05, 0.1) is 21.7 Å². The van der Waals surface area contributed by atoms with Crippen molar-refractivity contribution in [2.24, 2.45) is 0 Å². The van der Waals surface area contributed by atoms with E-state index in [1.165, 1.54) is 0 Å². The number of carboxylic acids is 1. The van der Waals surface area contributed by atoms with Crippen LogP contribution in [-0.2, 0) is 40.5 Å². The average molecular weight is 746 g/mol. The molecule has 254 valence electrons. The minimum absolute atomic E-state index is 0.103. The molecule has 19 nitrogen and oxygen atoms in total. The molecule has 0 aliphatic heterocycles. The third-order valence-corrected chi connectivity index (χ3v) is 9.85. The largest absolute Gasteiger partial charge is 0.478 e. The lowest BCUT2D eigenvalue weighted by atomic mass is 10.1. The number of anilines is 3. The Morgan fingerprint density at radius 2 is 1.17 bits per heavy atom. The lowest BCUT2D eigenvalue weighted by molar-refractivity contribution is 0.0696. The first kappa shape index (κ1) is 35.8. The van der Waals surface area contributed by atoms with Gasteiger partial charge in [-0.2, -0.15) is 33.7 Å². The fourth-order valence-corrected chi connectivity index (χ4v) is 7.13. The Kier molecular flexibility index (Phi) is 9.12. The summed E-state index contributed by atoms with van der Waals surface area (Å²) in [5, 5.41) is 11.6. The number of amides is 2. The second-order valence-corrected chi connectivity index (χ2v) is 15.2. The zero-order valence-electron chi connectivity index (χ0n) is 23.2. The Bertz CT molecular complexity index is 2530. The van der Waals surface area contributed by atoms with Crippen LogP contribution in [0.1, 0.15) is 31.1 Å². The fraction of sp³-hybridized carbons (Fsp3) is 0. The van der Waals surface area contributed by atoms with Gasteiger partial charge in [-0.15, -0.1) is 0 Å². The fourth-order valence-electron chi connectivity index (χ4n) is 4.38. The van der Waals surface area contributed by atoms with Crippen LogP contribution in [0.2, 0.25) is 0 Å². The zero-order valence-corrected chi connectivity index (χ0v) is 26.5. The number of carboxylic acid groups (broad SMARTS) is 1. The average Bonchev–Trinajstić information content (AvgIpc) is 2.94. The number of hydrogen-bond acceptors (Lipinski definition) is 12. The molecule has 48 heavy (non-hydrogen) atoms. The highest BCUT2D eigenvalue weighted by Gasteiger charge is 2.28. The molecule has 4 rings (SSSR count). The van der Waals surface area contributed by atoms with Crippen LogP contribution in [0.15, 0.2) is 80.2 Å². The number of carbonyl (C=O) groups excluding carboxylic acids is 2. The predicted molar refractivity (Wildman–Crippen MR) is 163 cm³/mol. The normalized spacial score (nSPS) is 12.4. The van der Waals surface area contributed by atoms with Crippen LogP contribution in [0.25, 0.3) is 10.8 Å². The second-order valence-electron chi connectivity index (χ2n) is 9.62. The highest BCUT2D eigenvalue weighted by atomic mass is 32.2. The van der Waals surface area contributed by atoms with Crippen LogP contribution in [0.3, 0.4) is 0 Å². The van der Waals surface area contributed by atoms with Crippen molar-refractivity contribution in [3.63, 3.8) is 0 Å². The van der Waals surface area contributed by atoms with Crippen molar-refractivity contribution >= 4 is 86.1 Å². The number of fused-ring (bicyclic) bond motifs is 1. The van der Waals surface area contributed by atoms with Gasteiger partial charge in [-0.25, -0.2) is 4.79 Å². The summed E-state index contributed by atoms with van der Waals surface area (Å²) in [5.41, 5.74) is 2.97. The lowest BCUT2D eigenvalue weighted by Gasteiger charge is -2.16. The molecule has 9 N–H and O–H groups in total. The van der Waals surface area contributed by atoms with Crippen LogP contribution in [0.4, 0.5) is 17.1 Å². The van der Waals surface area contributed by atoms with Crippen LogP contribution in [-0.4, -0.2) is 74.8 Å². The first-order valence-corrected chi connectivity index (χ1v) is 18.1. The van der Waals surface area contributed by atoms with Crippen molar-refractivity contribution in [1.29, 1.82) is 0 Å². The second kappa shape index (κ2) is 12.2. The molecule has 0 unspecified atom stereocenters. The smallest absolute Gasteiger partial charge is 0.335 e. The maximum atomic E-state index is 13.3. The summed E-state index contributed by atoms with van der Waals surface area (Å²) in [6, 6.07) is 7.34. The Hall–Kier alpha value is -5.01. The standard InChI is InChI=1S/C25H19N3O16S4/c26-13-6-11(5-12(7-13)25(31)32)23(29)27-14-1-2-16(20(8-14)47(39,40)41)24(30)28-18-3-4-19(46(36,37)38)17-9-15(45(33,34)35)10-21(22(17)18)48(42,43)44/h1-10H,26H2,(H,27,29)(H,28,30)(H,31,32)(H,33,34,35)(H,36,37,38)(H,39,40,41)(H,42,43,44). The Morgan fingerprint density at radius 1 is 0.583 bits per heavy atom. The highest BCUT2D eigenvalue weighted by molar-refractivity contribution is 7.87.